The topological polar surface area (TPSA) is 110 Å². The van der Waals surface area contributed by atoms with Gasteiger partial charge in [-0.2, -0.15) is 5.10 Å². The van der Waals surface area contributed by atoms with Crippen LogP contribution in [0.2, 0.25) is 0 Å². The number of amides is 1. The maximum Gasteiger partial charge on any atom is 0.276 e. The molecule has 2 aromatic carbocycles. The summed E-state index contributed by atoms with van der Waals surface area (Å²) in [5.74, 6) is 0.686. The first kappa shape index (κ1) is 23.6. The quantitative estimate of drug-likeness (QED) is 0.187. The zero-order valence-corrected chi connectivity index (χ0v) is 19.5. The van der Waals surface area contributed by atoms with Crippen LogP contribution in [0.15, 0.2) is 68.4 Å². The number of hydrazone groups is 1. The van der Waals surface area contributed by atoms with Crippen LogP contribution in [0.5, 0.6) is 0 Å². The van der Waals surface area contributed by atoms with E-state index in [1.807, 2.05) is 0 Å². The normalized spacial score (nSPS) is 11.3. The molecule has 0 radical (unpaired) electrons. The molecule has 8 nitrogen and oxygen atoms in total. The van der Waals surface area contributed by atoms with Gasteiger partial charge in [-0.15, -0.1) is 10.2 Å². The standard InChI is InChI=1S/C21H19N5O3S3/c1-15-8-10-16(11-9-15)13-30-20-24-25-21(32-20)31-14-19(27)23-22-12-4-6-17-5-2-3-7-18(17)26(28)29/h2-12H,13-14H2,1H3,(H,23,27). The Morgan fingerprint density at radius 1 is 1.16 bits per heavy atom. The number of nitro benzene ring substituents is 1. The fraction of sp³-hybridized carbons (Fsp3) is 0.143. The monoisotopic (exact) mass is 485 g/mol. The van der Waals surface area contributed by atoms with Crippen molar-refractivity contribution in [2.75, 3.05) is 5.75 Å². The molecular formula is C21H19N5O3S3. The molecule has 0 aliphatic rings. The summed E-state index contributed by atoms with van der Waals surface area (Å²) in [5, 5.41) is 23.0. The molecule has 11 heteroatoms. The van der Waals surface area contributed by atoms with E-state index in [9.17, 15) is 14.9 Å². The Bertz CT molecular complexity index is 1130. The van der Waals surface area contributed by atoms with Gasteiger partial charge in [0, 0.05) is 18.0 Å². The van der Waals surface area contributed by atoms with Crippen LogP contribution in [0.1, 0.15) is 16.7 Å². The van der Waals surface area contributed by atoms with Gasteiger partial charge >= 0.3 is 0 Å². The average molecular weight is 486 g/mol. The van der Waals surface area contributed by atoms with Gasteiger partial charge in [0.15, 0.2) is 8.68 Å². The number of rotatable bonds is 10. The number of aromatic nitrogens is 2. The predicted octanol–water partition coefficient (Wildman–Crippen LogP) is 4.95. The molecular weight excluding hydrogens is 466 g/mol. The first-order valence-corrected chi connectivity index (χ1v) is 12.2. The highest BCUT2D eigenvalue weighted by Crippen LogP contribution is 2.30. The summed E-state index contributed by atoms with van der Waals surface area (Å²) in [6, 6.07) is 14.7. The number of nitrogens with one attached hydrogen (secondary N) is 1. The lowest BCUT2D eigenvalue weighted by Crippen LogP contribution is -2.19. The number of benzene rings is 2. The Labute approximate surface area is 197 Å². The van der Waals surface area contributed by atoms with Crippen LogP contribution in [-0.2, 0) is 10.5 Å². The first-order chi connectivity index (χ1) is 15.5. The van der Waals surface area contributed by atoms with E-state index in [1.165, 1.54) is 52.6 Å². The third kappa shape index (κ3) is 7.59. The van der Waals surface area contributed by atoms with E-state index in [-0.39, 0.29) is 17.3 Å². The fourth-order valence-corrected chi connectivity index (χ4v) is 5.16. The molecule has 32 heavy (non-hydrogen) atoms. The van der Waals surface area contributed by atoms with Crippen LogP contribution >= 0.6 is 34.9 Å². The van der Waals surface area contributed by atoms with Crippen molar-refractivity contribution in [2.45, 2.75) is 21.4 Å². The van der Waals surface area contributed by atoms with Gasteiger partial charge in [0.2, 0.25) is 0 Å². The smallest absolute Gasteiger partial charge is 0.272 e. The van der Waals surface area contributed by atoms with Crippen molar-refractivity contribution >= 4 is 58.7 Å². The van der Waals surface area contributed by atoms with Crippen molar-refractivity contribution in [2.24, 2.45) is 5.10 Å². The molecule has 1 heterocycles. The number of hydrogen-bond donors (Lipinski definition) is 1. The minimum absolute atomic E-state index is 0.00559. The number of allylic oxidation sites excluding steroid dienone is 1. The summed E-state index contributed by atoms with van der Waals surface area (Å²) in [6.45, 7) is 2.06. The summed E-state index contributed by atoms with van der Waals surface area (Å²) >= 11 is 4.35. The molecule has 164 valence electrons. The number of nitro groups is 1. The lowest BCUT2D eigenvalue weighted by atomic mass is 10.2. The van der Waals surface area contributed by atoms with E-state index in [1.54, 1.807) is 36.0 Å². The molecule has 0 saturated heterocycles. The van der Waals surface area contributed by atoms with Crippen LogP contribution in [0.3, 0.4) is 0 Å². The van der Waals surface area contributed by atoms with E-state index < -0.39 is 4.92 Å². The maximum atomic E-state index is 11.9. The van der Waals surface area contributed by atoms with Crippen LogP contribution in [-0.4, -0.2) is 33.0 Å². The molecule has 0 spiro atoms. The Kier molecular flexibility index (Phi) is 8.96. The zero-order chi connectivity index (χ0) is 22.8. The second-order valence-electron chi connectivity index (χ2n) is 6.39. The Hall–Kier alpha value is -3.02. The zero-order valence-electron chi connectivity index (χ0n) is 17.0. The van der Waals surface area contributed by atoms with Gasteiger partial charge in [0.25, 0.3) is 11.6 Å². The van der Waals surface area contributed by atoms with Gasteiger partial charge in [-0.05, 0) is 30.7 Å². The van der Waals surface area contributed by atoms with Crippen LogP contribution in [0, 0.1) is 17.0 Å². The number of nitrogens with zero attached hydrogens (tertiary/aromatic N) is 4. The second kappa shape index (κ2) is 12.1. The Morgan fingerprint density at radius 2 is 1.88 bits per heavy atom. The second-order valence-corrected chi connectivity index (χ2v) is 9.81. The lowest BCUT2D eigenvalue weighted by molar-refractivity contribution is -0.385. The van der Waals surface area contributed by atoms with E-state index in [0.717, 1.165) is 10.1 Å². The first-order valence-electron chi connectivity index (χ1n) is 9.38. The minimum atomic E-state index is -0.449. The van der Waals surface area contributed by atoms with Gasteiger partial charge < -0.3 is 0 Å². The number of thioether (sulfide) groups is 2. The number of carbonyl (C=O) groups excluding carboxylic acids is 1. The van der Waals surface area contributed by atoms with Crippen molar-refractivity contribution < 1.29 is 9.72 Å². The number of para-hydroxylation sites is 1. The van der Waals surface area contributed by atoms with E-state index in [2.05, 4.69) is 51.9 Å². The predicted molar refractivity (Wildman–Crippen MR) is 130 cm³/mol. The Morgan fingerprint density at radius 3 is 2.62 bits per heavy atom. The molecule has 3 rings (SSSR count). The number of carbonyl (C=O) groups is 1. The van der Waals surface area contributed by atoms with Crippen LogP contribution in [0.4, 0.5) is 5.69 Å². The van der Waals surface area contributed by atoms with Crippen molar-refractivity contribution in [3.8, 4) is 0 Å². The van der Waals surface area contributed by atoms with Crippen molar-refractivity contribution in [1.82, 2.24) is 15.6 Å². The highest BCUT2D eigenvalue weighted by atomic mass is 32.2. The molecule has 1 amide bonds. The molecule has 0 saturated carbocycles. The van der Waals surface area contributed by atoms with Crippen molar-refractivity contribution in [1.29, 1.82) is 0 Å². The fourth-order valence-electron chi connectivity index (χ4n) is 2.40. The maximum absolute atomic E-state index is 11.9. The lowest BCUT2D eigenvalue weighted by Gasteiger charge is -1.99. The van der Waals surface area contributed by atoms with Gasteiger partial charge in [0.05, 0.1) is 16.2 Å². The van der Waals surface area contributed by atoms with Gasteiger partial charge in [0.1, 0.15) is 0 Å². The molecule has 0 fully saturated rings. The molecule has 1 N–H and O–H groups in total. The molecule has 0 bridgehead atoms. The summed E-state index contributed by atoms with van der Waals surface area (Å²) in [5.41, 5.74) is 5.32. The largest absolute Gasteiger partial charge is 0.276 e. The summed E-state index contributed by atoms with van der Waals surface area (Å²) < 4.78 is 1.57. The SMILES string of the molecule is Cc1ccc(CSc2nnc(SCC(=O)NN=CC=Cc3ccccc3[N+](=O)[O-])s2)cc1. The van der Waals surface area contributed by atoms with Crippen molar-refractivity contribution in [3.05, 3.63) is 81.4 Å². The molecule has 0 aliphatic carbocycles. The number of aryl methyl sites for hydroxylation is 1. The minimum Gasteiger partial charge on any atom is -0.272 e. The summed E-state index contributed by atoms with van der Waals surface area (Å²) in [6.07, 6.45) is 4.45. The molecule has 0 atom stereocenters. The Balaban J connectivity index is 1.39. The van der Waals surface area contributed by atoms with Crippen LogP contribution < -0.4 is 5.43 Å². The molecule has 0 unspecified atom stereocenters. The summed E-state index contributed by atoms with van der Waals surface area (Å²) in [7, 11) is 0. The van der Waals surface area contributed by atoms with Crippen LogP contribution in [0.25, 0.3) is 6.08 Å². The van der Waals surface area contributed by atoms with Gasteiger partial charge in [-0.25, -0.2) is 5.43 Å². The third-order valence-corrected chi connectivity index (χ3v) is 7.22. The average Bonchev–Trinajstić information content (AvgIpc) is 3.25. The molecule has 0 aliphatic heterocycles. The van der Waals surface area contributed by atoms with E-state index in [0.29, 0.717) is 9.90 Å². The number of hydrogen-bond acceptors (Lipinski definition) is 9. The third-order valence-electron chi connectivity index (χ3n) is 3.96. The van der Waals surface area contributed by atoms with Gasteiger partial charge in [-0.3, -0.25) is 14.9 Å². The highest BCUT2D eigenvalue weighted by molar-refractivity contribution is 8.03. The molecule has 3 aromatic rings. The van der Waals surface area contributed by atoms with Gasteiger partial charge in [-0.1, -0.05) is 76.8 Å². The van der Waals surface area contributed by atoms with E-state index in [4.69, 9.17) is 0 Å². The van der Waals surface area contributed by atoms with Crippen molar-refractivity contribution in [3.63, 3.8) is 0 Å². The molecule has 1 aromatic heterocycles. The highest BCUT2D eigenvalue weighted by Gasteiger charge is 2.09. The summed E-state index contributed by atoms with van der Waals surface area (Å²) in [4.78, 5) is 22.5. The van der Waals surface area contributed by atoms with E-state index >= 15 is 0 Å².